The molecule has 1 aromatic rings. The summed E-state index contributed by atoms with van der Waals surface area (Å²) in [7, 11) is 0. The van der Waals surface area contributed by atoms with Crippen molar-refractivity contribution in [2.45, 2.75) is 39.0 Å². The second-order valence-electron chi connectivity index (χ2n) is 4.04. The van der Waals surface area contributed by atoms with Gasteiger partial charge in [0.1, 0.15) is 0 Å². The van der Waals surface area contributed by atoms with E-state index in [2.05, 4.69) is 54.0 Å². The molecule has 1 rings (SSSR count). The predicted molar refractivity (Wildman–Crippen MR) is 67.3 cm³/mol. The monoisotopic (exact) mass is 254 g/mol. The number of unbranched alkanes of at least 4 members (excludes halogenated alkanes) is 1. The molecule has 0 fully saturated rings. The third-order valence-corrected chi connectivity index (χ3v) is 3.06. The van der Waals surface area contributed by atoms with Crippen molar-refractivity contribution >= 4 is 15.9 Å². The third kappa shape index (κ3) is 3.83. The zero-order valence-corrected chi connectivity index (χ0v) is 10.7. The van der Waals surface area contributed by atoms with E-state index in [1.165, 1.54) is 30.4 Å². The van der Waals surface area contributed by atoms with E-state index in [-0.39, 0.29) is 0 Å². The van der Waals surface area contributed by atoms with Gasteiger partial charge in [0.2, 0.25) is 0 Å². The second kappa shape index (κ2) is 6.23. The van der Waals surface area contributed by atoms with Crippen LogP contribution in [0.2, 0.25) is 0 Å². The molecule has 1 aromatic carbocycles. The SMILES string of the molecule is CC(C)c1ccc(CCCCBr)cc1. The lowest BCUT2D eigenvalue weighted by Crippen LogP contribution is -1.90. The van der Waals surface area contributed by atoms with E-state index >= 15 is 0 Å². The van der Waals surface area contributed by atoms with Crippen LogP contribution >= 0.6 is 15.9 Å². The molecule has 0 spiro atoms. The van der Waals surface area contributed by atoms with Crippen LogP contribution in [0.15, 0.2) is 24.3 Å². The molecule has 0 N–H and O–H groups in total. The largest absolute Gasteiger partial charge is 0.0928 e. The summed E-state index contributed by atoms with van der Waals surface area (Å²) in [5.74, 6) is 0.645. The highest BCUT2D eigenvalue weighted by Crippen LogP contribution is 2.15. The van der Waals surface area contributed by atoms with Crippen molar-refractivity contribution in [3.05, 3.63) is 35.4 Å². The smallest absolute Gasteiger partial charge is 0.00314 e. The quantitative estimate of drug-likeness (QED) is 0.535. The Bertz CT molecular complexity index is 248. The van der Waals surface area contributed by atoms with E-state index in [4.69, 9.17) is 0 Å². The van der Waals surface area contributed by atoms with Gasteiger partial charge in [-0.25, -0.2) is 0 Å². The molecular formula is C13H19Br. The van der Waals surface area contributed by atoms with E-state index in [0.717, 1.165) is 5.33 Å². The summed E-state index contributed by atoms with van der Waals surface area (Å²) in [4.78, 5) is 0. The van der Waals surface area contributed by atoms with Crippen LogP contribution < -0.4 is 0 Å². The lowest BCUT2D eigenvalue weighted by molar-refractivity contribution is 0.803. The predicted octanol–water partition coefficient (Wildman–Crippen LogP) is 4.53. The van der Waals surface area contributed by atoms with E-state index in [1.54, 1.807) is 0 Å². The first-order chi connectivity index (χ1) is 6.74. The van der Waals surface area contributed by atoms with Crippen molar-refractivity contribution in [1.82, 2.24) is 0 Å². The Hall–Kier alpha value is -0.300. The zero-order valence-electron chi connectivity index (χ0n) is 9.09. The Balaban J connectivity index is 2.47. The summed E-state index contributed by atoms with van der Waals surface area (Å²) in [6.45, 7) is 4.47. The summed E-state index contributed by atoms with van der Waals surface area (Å²) in [5.41, 5.74) is 2.91. The Kier molecular flexibility index (Phi) is 5.24. The molecular weight excluding hydrogens is 236 g/mol. The van der Waals surface area contributed by atoms with Gasteiger partial charge in [-0.15, -0.1) is 0 Å². The summed E-state index contributed by atoms with van der Waals surface area (Å²) in [5, 5.41) is 1.12. The average Bonchev–Trinajstić information content (AvgIpc) is 2.19. The van der Waals surface area contributed by atoms with E-state index in [1.807, 2.05) is 0 Å². The van der Waals surface area contributed by atoms with Crippen LogP contribution in [0.5, 0.6) is 0 Å². The minimum atomic E-state index is 0.645. The van der Waals surface area contributed by atoms with Crippen LogP contribution in [0.3, 0.4) is 0 Å². The number of aryl methyl sites for hydroxylation is 1. The van der Waals surface area contributed by atoms with Gasteiger partial charge in [-0.1, -0.05) is 54.0 Å². The molecule has 0 saturated carbocycles. The Morgan fingerprint density at radius 2 is 1.71 bits per heavy atom. The first-order valence-corrected chi connectivity index (χ1v) is 6.51. The highest BCUT2D eigenvalue weighted by molar-refractivity contribution is 9.09. The maximum atomic E-state index is 3.45. The number of rotatable bonds is 5. The molecule has 0 saturated heterocycles. The van der Waals surface area contributed by atoms with Crippen LogP contribution in [0.25, 0.3) is 0 Å². The molecule has 0 amide bonds. The lowest BCUT2D eigenvalue weighted by Gasteiger charge is -2.06. The maximum Gasteiger partial charge on any atom is 0.00314 e. The minimum Gasteiger partial charge on any atom is -0.0928 e. The Labute approximate surface area is 95.9 Å². The summed E-state index contributed by atoms with van der Waals surface area (Å²) >= 11 is 3.45. The number of halogens is 1. The highest BCUT2D eigenvalue weighted by Gasteiger charge is 1.98. The van der Waals surface area contributed by atoms with Crippen LogP contribution in [0.4, 0.5) is 0 Å². The molecule has 1 heteroatoms. The van der Waals surface area contributed by atoms with Crippen molar-refractivity contribution in [3.8, 4) is 0 Å². The van der Waals surface area contributed by atoms with Crippen molar-refractivity contribution in [3.63, 3.8) is 0 Å². The van der Waals surface area contributed by atoms with E-state index in [0.29, 0.717) is 5.92 Å². The third-order valence-electron chi connectivity index (χ3n) is 2.50. The van der Waals surface area contributed by atoms with E-state index < -0.39 is 0 Å². The molecule has 0 aliphatic heterocycles. The topological polar surface area (TPSA) is 0 Å². The normalized spacial score (nSPS) is 10.9. The molecule has 0 nitrogen and oxygen atoms in total. The number of hydrogen-bond donors (Lipinski definition) is 0. The van der Waals surface area contributed by atoms with Gasteiger partial charge in [0.15, 0.2) is 0 Å². The number of alkyl halides is 1. The van der Waals surface area contributed by atoms with Crippen molar-refractivity contribution < 1.29 is 0 Å². The number of hydrogen-bond acceptors (Lipinski definition) is 0. The van der Waals surface area contributed by atoms with Crippen molar-refractivity contribution in [1.29, 1.82) is 0 Å². The maximum absolute atomic E-state index is 3.45. The van der Waals surface area contributed by atoms with Gasteiger partial charge in [0, 0.05) is 5.33 Å². The van der Waals surface area contributed by atoms with Crippen molar-refractivity contribution in [2.75, 3.05) is 5.33 Å². The first-order valence-electron chi connectivity index (χ1n) is 5.39. The summed E-state index contributed by atoms with van der Waals surface area (Å²) < 4.78 is 0. The molecule has 0 atom stereocenters. The van der Waals surface area contributed by atoms with Gasteiger partial charge in [-0.05, 0) is 36.3 Å². The van der Waals surface area contributed by atoms with Crippen molar-refractivity contribution in [2.24, 2.45) is 0 Å². The average molecular weight is 255 g/mol. The van der Waals surface area contributed by atoms with Crippen LogP contribution in [-0.2, 0) is 6.42 Å². The fourth-order valence-electron chi connectivity index (χ4n) is 1.49. The molecule has 0 aromatic heterocycles. The molecule has 0 aliphatic rings. The molecule has 0 heterocycles. The fraction of sp³-hybridized carbons (Fsp3) is 0.538. The molecule has 0 aliphatic carbocycles. The second-order valence-corrected chi connectivity index (χ2v) is 4.84. The standard InChI is InChI=1S/C13H19Br/c1-11(2)13-8-6-12(7-9-13)5-3-4-10-14/h6-9,11H,3-5,10H2,1-2H3. The zero-order chi connectivity index (χ0) is 10.4. The van der Waals surface area contributed by atoms with Crippen LogP contribution in [0.1, 0.15) is 43.7 Å². The molecule has 0 unspecified atom stereocenters. The lowest BCUT2D eigenvalue weighted by atomic mass is 10.00. The van der Waals surface area contributed by atoms with Gasteiger partial charge in [0.05, 0.1) is 0 Å². The number of benzene rings is 1. The Morgan fingerprint density at radius 1 is 1.07 bits per heavy atom. The van der Waals surface area contributed by atoms with Gasteiger partial charge in [-0.3, -0.25) is 0 Å². The summed E-state index contributed by atoms with van der Waals surface area (Å²) in [6.07, 6.45) is 3.77. The van der Waals surface area contributed by atoms with Crippen LogP contribution in [0, 0.1) is 0 Å². The summed E-state index contributed by atoms with van der Waals surface area (Å²) in [6, 6.07) is 9.05. The van der Waals surface area contributed by atoms with Gasteiger partial charge in [0.25, 0.3) is 0 Å². The Morgan fingerprint density at radius 3 is 2.21 bits per heavy atom. The van der Waals surface area contributed by atoms with E-state index in [9.17, 15) is 0 Å². The minimum absolute atomic E-state index is 0.645. The van der Waals surface area contributed by atoms with Gasteiger partial charge < -0.3 is 0 Å². The molecule has 78 valence electrons. The van der Waals surface area contributed by atoms with Gasteiger partial charge >= 0.3 is 0 Å². The fourth-order valence-corrected chi connectivity index (χ4v) is 1.89. The molecule has 0 radical (unpaired) electrons. The highest BCUT2D eigenvalue weighted by atomic mass is 79.9. The molecule has 14 heavy (non-hydrogen) atoms. The molecule has 0 bridgehead atoms. The first kappa shape index (κ1) is 11.8. The van der Waals surface area contributed by atoms with Gasteiger partial charge in [-0.2, -0.15) is 0 Å². The van der Waals surface area contributed by atoms with Crippen LogP contribution in [-0.4, -0.2) is 5.33 Å².